The number of ether oxygens (including phenoxy) is 1. The first-order chi connectivity index (χ1) is 13.3. The van der Waals surface area contributed by atoms with Gasteiger partial charge in [0.1, 0.15) is 11.6 Å². The van der Waals surface area contributed by atoms with Crippen molar-refractivity contribution in [2.45, 2.75) is 23.9 Å². The van der Waals surface area contributed by atoms with Crippen molar-refractivity contribution in [2.75, 3.05) is 18.2 Å². The lowest BCUT2D eigenvalue weighted by Gasteiger charge is -2.11. The molecule has 0 bridgehead atoms. The van der Waals surface area contributed by atoms with E-state index in [4.69, 9.17) is 4.74 Å². The van der Waals surface area contributed by atoms with E-state index in [9.17, 15) is 4.79 Å². The van der Waals surface area contributed by atoms with Gasteiger partial charge in [-0.15, -0.1) is 10.2 Å². The number of amides is 1. The first-order valence-electron chi connectivity index (χ1n) is 8.82. The van der Waals surface area contributed by atoms with Gasteiger partial charge in [-0.3, -0.25) is 9.36 Å². The van der Waals surface area contributed by atoms with Gasteiger partial charge in [0.2, 0.25) is 5.91 Å². The molecule has 0 saturated heterocycles. The summed E-state index contributed by atoms with van der Waals surface area (Å²) in [6.45, 7) is 0. The van der Waals surface area contributed by atoms with Gasteiger partial charge in [-0.2, -0.15) is 0 Å². The predicted octanol–water partition coefficient (Wildman–Crippen LogP) is 3.88. The Morgan fingerprint density at radius 1 is 1.15 bits per heavy atom. The van der Waals surface area contributed by atoms with Gasteiger partial charge < -0.3 is 10.1 Å². The monoisotopic (exact) mass is 380 g/mol. The molecule has 0 spiro atoms. The van der Waals surface area contributed by atoms with Crippen molar-refractivity contribution >= 4 is 23.4 Å². The molecule has 1 fully saturated rings. The summed E-state index contributed by atoms with van der Waals surface area (Å²) < 4.78 is 7.34. The summed E-state index contributed by atoms with van der Waals surface area (Å²) in [5, 5.41) is 12.3. The highest BCUT2D eigenvalue weighted by molar-refractivity contribution is 7.99. The van der Waals surface area contributed by atoms with E-state index in [0.717, 1.165) is 29.5 Å². The number of para-hydroxylation sites is 3. The van der Waals surface area contributed by atoms with E-state index in [0.29, 0.717) is 17.4 Å². The second-order valence-electron chi connectivity index (χ2n) is 6.32. The van der Waals surface area contributed by atoms with Crippen molar-refractivity contribution in [2.24, 2.45) is 0 Å². The lowest BCUT2D eigenvalue weighted by atomic mass is 10.3. The molecule has 1 saturated carbocycles. The Bertz CT molecular complexity index is 938. The highest BCUT2D eigenvalue weighted by Crippen LogP contribution is 2.41. The number of anilines is 1. The average Bonchev–Trinajstić information content (AvgIpc) is 3.47. The molecular formula is C20H20N4O2S. The molecule has 6 nitrogen and oxygen atoms in total. The lowest BCUT2D eigenvalue weighted by Crippen LogP contribution is -2.15. The Morgan fingerprint density at radius 2 is 1.89 bits per heavy atom. The van der Waals surface area contributed by atoms with Crippen LogP contribution in [0.2, 0.25) is 0 Å². The van der Waals surface area contributed by atoms with E-state index in [1.165, 1.54) is 11.8 Å². The summed E-state index contributed by atoms with van der Waals surface area (Å²) in [6, 6.07) is 17.4. The Kier molecular flexibility index (Phi) is 5.11. The molecule has 0 radical (unpaired) electrons. The van der Waals surface area contributed by atoms with Crippen LogP contribution < -0.4 is 10.1 Å². The van der Waals surface area contributed by atoms with Crippen LogP contribution in [0.3, 0.4) is 0 Å². The molecule has 1 aliphatic rings. The molecule has 1 aliphatic carbocycles. The highest BCUT2D eigenvalue weighted by Gasteiger charge is 2.31. The van der Waals surface area contributed by atoms with E-state index in [1.54, 1.807) is 7.11 Å². The third-order valence-electron chi connectivity index (χ3n) is 4.33. The van der Waals surface area contributed by atoms with Crippen LogP contribution in [0.4, 0.5) is 5.69 Å². The standard InChI is InChI=1S/C20H20N4O2S/c1-26-17-10-6-5-9-16(17)21-18(25)13-27-20-23-22-19(14-11-12-14)24(20)15-7-3-2-4-8-15/h2-10,14H,11-13H2,1H3,(H,21,25). The summed E-state index contributed by atoms with van der Waals surface area (Å²) in [5.41, 5.74) is 1.69. The third-order valence-corrected chi connectivity index (χ3v) is 5.26. The molecule has 2 aromatic carbocycles. The van der Waals surface area contributed by atoms with Gasteiger partial charge in [-0.25, -0.2) is 0 Å². The molecule has 27 heavy (non-hydrogen) atoms. The van der Waals surface area contributed by atoms with Gasteiger partial charge in [0.25, 0.3) is 0 Å². The minimum absolute atomic E-state index is 0.111. The SMILES string of the molecule is COc1ccccc1NC(=O)CSc1nnc(C2CC2)n1-c1ccccc1. The fraction of sp³-hybridized carbons (Fsp3) is 0.250. The number of nitrogens with zero attached hydrogens (tertiary/aromatic N) is 3. The van der Waals surface area contributed by atoms with Gasteiger partial charge in [-0.05, 0) is 37.1 Å². The van der Waals surface area contributed by atoms with Gasteiger partial charge in [-0.1, -0.05) is 42.1 Å². The summed E-state index contributed by atoms with van der Waals surface area (Å²) in [6.07, 6.45) is 2.29. The fourth-order valence-corrected chi connectivity index (χ4v) is 3.62. The summed E-state index contributed by atoms with van der Waals surface area (Å²) in [7, 11) is 1.58. The van der Waals surface area contributed by atoms with Crippen molar-refractivity contribution in [3.05, 3.63) is 60.4 Å². The van der Waals surface area contributed by atoms with Crippen LogP contribution in [-0.2, 0) is 4.79 Å². The van der Waals surface area contributed by atoms with Gasteiger partial charge in [0.05, 0.1) is 18.6 Å². The molecule has 1 N–H and O–H groups in total. The van der Waals surface area contributed by atoms with Crippen LogP contribution in [-0.4, -0.2) is 33.5 Å². The van der Waals surface area contributed by atoms with Crippen molar-refractivity contribution in [3.8, 4) is 11.4 Å². The van der Waals surface area contributed by atoms with E-state index in [1.807, 2.05) is 54.6 Å². The highest BCUT2D eigenvalue weighted by atomic mass is 32.2. The number of thioether (sulfide) groups is 1. The molecular weight excluding hydrogens is 360 g/mol. The average molecular weight is 380 g/mol. The summed E-state index contributed by atoms with van der Waals surface area (Å²) in [4.78, 5) is 12.4. The first-order valence-corrected chi connectivity index (χ1v) is 9.81. The summed E-state index contributed by atoms with van der Waals surface area (Å²) >= 11 is 1.39. The molecule has 3 aromatic rings. The Balaban J connectivity index is 1.49. The molecule has 0 aliphatic heterocycles. The van der Waals surface area contributed by atoms with Crippen LogP contribution in [0, 0.1) is 0 Å². The van der Waals surface area contributed by atoms with Crippen molar-refractivity contribution in [1.82, 2.24) is 14.8 Å². The molecule has 4 rings (SSSR count). The Hall–Kier alpha value is -2.80. The first kappa shape index (κ1) is 17.6. The minimum Gasteiger partial charge on any atom is -0.495 e. The normalized spacial score (nSPS) is 13.4. The maximum atomic E-state index is 12.4. The number of rotatable bonds is 7. The van der Waals surface area contributed by atoms with Crippen molar-refractivity contribution in [3.63, 3.8) is 0 Å². The van der Waals surface area contributed by atoms with Crippen LogP contribution in [0.1, 0.15) is 24.6 Å². The fourth-order valence-electron chi connectivity index (χ4n) is 2.86. The topological polar surface area (TPSA) is 69.0 Å². The van der Waals surface area contributed by atoms with E-state index < -0.39 is 0 Å². The smallest absolute Gasteiger partial charge is 0.234 e. The largest absolute Gasteiger partial charge is 0.495 e. The maximum absolute atomic E-state index is 12.4. The zero-order chi connectivity index (χ0) is 18.6. The van der Waals surface area contributed by atoms with Crippen molar-refractivity contribution < 1.29 is 9.53 Å². The maximum Gasteiger partial charge on any atom is 0.234 e. The van der Waals surface area contributed by atoms with Gasteiger partial charge >= 0.3 is 0 Å². The molecule has 7 heteroatoms. The van der Waals surface area contributed by atoms with E-state index in [-0.39, 0.29) is 11.7 Å². The third kappa shape index (κ3) is 3.98. The minimum atomic E-state index is -0.111. The molecule has 1 heterocycles. The molecule has 138 valence electrons. The predicted molar refractivity (Wildman–Crippen MR) is 106 cm³/mol. The quantitative estimate of drug-likeness (QED) is 0.630. The van der Waals surface area contributed by atoms with Gasteiger partial charge in [0.15, 0.2) is 5.16 Å². The molecule has 1 amide bonds. The number of benzene rings is 2. The number of aromatic nitrogens is 3. The summed E-state index contributed by atoms with van der Waals surface area (Å²) in [5.74, 6) is 2.22. The molecule has 0 unspecified atom stereocenters. The number of methoxy groups -OCH3 is 1. The Morgan fingerprint density at radius 3 is 2.63 bits per heavy atom. The van der Waals surface area contributed by atoms with Crippen LogP contribution in [0.15, 0.2) is 59.8 Å². The second-order valence-corrected chi connectivity index (χ2v) is 7.27. The zero-order valence-electron chi connectivity index (χ0n) is 15.0. The van der Waals surface area contributed by atoms with Crippen LogP contribution in [0.25, 0.3) is 5.69 Å². The number of nitrogens with one attached hydrogen (secondary N) is 1. The Labute approximate surface area is 162 Å². The van der Waals surface area contributed by atoms with Crippen molar-refractivity contribution in [1.29, 1.82) is 0 Å². The van der Waals surface area contributed by atoms with Crippen LogP contribution in [0.5, 0.6) is 5.75 Å². The van der Waals surface area contributed by atoms with Gasteiger partial charge in [0, 0.05) is 11.6 Å². The molecule has 1 aromatic heterocycles. The van der Waals surface area contributed by atoms with E-state index in [2.05, 4.69) is 20.1 Å². The number of carbonyl (C=O) groups excluding carboxylic acids is 1. The lowest BCUT2D eigenvalue weighted by molar-refractivity contribution is -0.113. The number of carbonyl (C=O) groups is 1. The van der Waals surface area contributed by atoms with Crippen LogP contribution >= 0.6 is 11.8 Å². The number of hydrogen-bond donors (Lipinski definition) is 1. The zero-order valence-corrected chi connectivity index (χ0v) is 15.8. The molecule has 0 atom stereocenters. The number of hydrogen-bond acceptors (Lipinski definition) is 5. The van der Waals surface area contributed by atoms with E-state index >= 15 is 0 Å². The second kappa shape index (κ2) is 7.84.